The molecule has 0 aliphatic heterocycles. The van der Waals surface area contributed by atoms with Gasteiger partial charge in [-0.25, -0.2) is 4.98 Å². The molecule has 7 heteroatoms. The summed E-state index contributed by atoms with van der Waals surface area (Å²) in [6, 6.07) is 16.8. The van der Waals surface area contributed by atoms with Gasteiger partial charge < -0.3 is 14.8 Å². The van der Waals surface area contributed by atoms with E-state index < -0.39 is 0 Å². The Kier molecular flexibility index (Phi) is 5.03. The fourth-order valence-corrected chi connectivity index (χ4v) is 1.99. The van der Waals surface area contributed by atoms with Crippen molar-refractivity contribution >= 4 is 5.91 Å². The van der Waals surface area contributed by atoms with E-state index in [0.29, 0.717) is 24.7 Å². The van der Waals surface area contributed by atoms with E-state index >= 15 is 0 Å². The molecule has 1 heterocycles. The smallest absolute Gasteiger partial charge is 0.288 e. The molecule has 2 N–H and O–H groups in total. The normalized spacial score (nSPS) is 10.2. The lowest BCUT2D eigenvalue weighted by molar-refractivity contribution is 0.0937. The predicted molar refractivity (Wildman–Crippen MR) is 87.2 cm³/mol. The van der Waals surface area contributed by atoms with E-state index in [4.69, 9.17) is 9.47 Å². The summed E-state index contributed by atoms with van der Waals surface area (Å²) in [4.78, 5) is 15.5. The fraction of sp³-hybridized carbons (Fsp3) is 0.118. The molecule has 0 unspecified atom stereocenters. The maximum absolute atomic E-state index is 11.7. The highest BCUT2D eigenvalue weighted by atomic mass is 16.5. The van der Waals surface area contributed by atoms with E-state index in [9.17, 15) is 4.79 Å². The number of benzene rings is 2. The van der Waals surface area contributed by atoms with Crippen LogP contribution in [-0.2, 0) is 0 Å². The number of carbonyl (C=O) groups is 1. The van der Waals surface area contributed by atoms with Crippen molar-refractivity contribution in [3.63, 3.8) is 0 Å². The van der Waals surface area contributed by atoms with E-state index in [-0.39, 0.29) is 11.7 Å². The number of aromatic nitrogens is 3. The maximum atomic E-state index is 11.7. The Morgan fingerprint density at radius 1 is 1.04 bits per heavy atom. The SMILES string of the molecule is O=C(NCCOc1ccccc1Oc1ccccc1)c1ncn[nH]1. The predicted octanol–water partition coefficient (Wildman–Crippen LogP) is 2.41. The zero-order valence-electron chi connectivity index (χ0n) is 12.8. The first-order valence-corrected chi connectivity index (χ1v) is 7.41. The second-order valence-electron chi connectivity index (χ2n) is 4.80. The van der Waals surface area contributed by atoms with E-state index in [1.54, 1.807) is 0 Å². The Balaban J connectivity index is 1.53. The van der Waals surface area contributed by atoms with Crippen molar-refractivity contribution in [3.05, 3.63) is 66.7 Å². The number of carbonyl (C=O) groups excluding carboxylic acids is 1. The Bertz CT molecular complexity index is 776. The van der Waals surface area contributed by atoms with E-state index in [1.807, 2.05) is 54.6 Å². The van der Waals surface area contributed by atoms with Crippen molar-refractivity contribution in [3.8, 4) is 17.2 Å². The number of H-pyrrole nitrogens is 1. The molecule has 0 bridgehead atoms. The zero-order valence-corrected chi connectivity index (χ0v) is 12.8. The number of ether oxygens (including phenoxy) is 2. The van der Waals surface area contributed by atoms with Crippen molar-refractivity contribution in [1.82, 2.24) is 20.5 Å². The number of aromatic amines is 1. The summed E-state index contributed by atoms with van der Waals surface area (Å²) in [5, 5.41) is 8.81. The number of hydrogen-bond donors (Lipinski definition) is 2. The Hall–Kier alpha value is -3.35. The van der Waals surface area contributed by atoms with Gasteiger partial charge in [0.2, 0.25) is 5.82 Å². The molecular weight excluding hydrogens is 308 g/mol. The van der Waals surface area contributed by atoms with E-state index in [0.717, 1.165) is 5.75 Å². The zero-order chi connectivity index (χ0) is 16.6. The summed E-state index contributed by atoms with van der Waals surface area (Å²) >= 11 is 0. The molecule has 1 amide bonds. The van der Waals surface area contributed by atoms with Crippen LogP contribution in [0.15, 0.2) is 60.9 Å². The van der Waals surface area contributed by atoms with Gasteiger partial charge in [-0.3, -0.25) is 9.89 Å². The molecule has 3 rings (SSSR count). The molecule has 3 aromatic rings. The van der Waals surface area contributed by atoms with Gasteiger partial charge in [0.25, 0.3) is 5.91 Å². The van der Waals surface area contributed by atoms with Crippen molar-refractivity contribution in [1.29, 1.82) is 0 Å². The summed E-state index contributed by atoms with van der Waals surface area (Å²) < 4.78 is 11.5. The molecule has 1 aromatic heterocycles. The third kappa shape index (κ3) is 4.10. The van der Waals surface area contributed by atoms with Gasteiger partial charge >= 0.3 is 0 Å². The molecule has 24 heavy (non-hydrogen) atoms. The first kappa shape index (κ1) is 15.5. The molecule has 0 saturated heterocycles. The molecule has 0 atom stereocenters. The van der Waals surface area contributed by atoms with Crippen LogP contribution in [0.1, 0.15) is 10.6 Å². The number of amides is 1. The number of nitrogens with zero attached hydrogens (tertiary/aromatic N) is 2. The summed E-state index contributed by atoms with van der Waals surface area (Å²) in [5.41, 5.74) is 0. The number of nitrogens with one attached hydrogen (secondary N) is 2. The summed E-state index contributed by atoms with van der Waals surface area (Å²) in [6.45, 7) is 0.633. The van der Waals surface area contributed by atoms with E-state index in [1.165, 1.54) is 6.33 Å². The highest BCUT2D eigenvalue weighted by Gasteiger charge is 2.08. The summed E-state index contributed by atoms with van der Waals surface area (Å²) in [7, 11) is 0. The quantitative estimate of drug-likeness (QED) is 0.652. The van der Waals surface area contributed by atoms with Gasteiger partial charge in [0, 0.05) is 0 Å². The molecule has 0 spiro atoms. The second kappa shape index (κ2) is 7.77. The molecule has 0 radical (unpaired) electrons. The number of hydrogen-bond acceptors (Lipinski definition) is 5. The van der Waals surface area contributed by atoms with Crippen LogP contribution in [0.4, 0.5) is 0 Å². The highest BCUT2D eigenvalue weighted by molar-refractivity contribution is 5.90. The standard InChI is InChI=1S/C17H16N4O3/c22-17(16-19-12-20-21-16)18-10-11-23-14-8-4-5-9-15(14)24-13-6-2-1-3-7-13/h1-9,12H,10-11H2,(H,18,22)(H,19,20,21). The molecule has 0 aliphatic carbocycles. The maximum Gasteiger partial charge on any atom is 0.288 e. The van der Waals surface area contributed by atoms with Crippen LogP contribution in [0.5, 0.6) is 17.2 Å². The molecule has 7 nitrogen and oxygen atoms in total. The topological polar surface area (TPSA) is 89.1 Å². The average molecular weight is 324 g/mol. The third-order valence-corrected chi connectivity index (χ3v) is 3.10. The highest BCUT2D eigenvalue weighted by Crippen LogP contribution is 2.30. The Morgan fingerprint density at radius 3 is 2.54 bits per heavy atom. The minimum atomic E-state index is -0.329. The molecule has 0 aliphatic rings. The Labute approximate surface area is 138 Å². The monoisotopic (exact) mass is 324 g/mol. The largest absolute Gasteiger partial charge is 0.488 e. The van der Waals surface area contributed by atoms with Crippen LogP contribution in [0.3, 0.4) is 0 Å². The van der Waals surface area contributed by atoms with Gasteiger partial charge in [0.15, 0.2) is 11.5 Å². The third-order valence-electron chi connectivity index (χ3n) is 3.10. The van der Waals surface area contributed by atoms with Gasteiger partial charge in [-0.15, -0.1) is 0 Å². The van der Waals surface area contributed by atoms with Crippen LogP contribution in [-0.4, -0.2) is 34.2 Å². The van der Waals surface area contributed by atoms with E-state index in [2.05, 4.69) is 20.5 Å². The first-order valence-electron chi connectivity index (χ1n) is 7.41. The van der Waals surface area contributed by atoms with Crippen LogP contribution < -0.4 is 14.8 Å². The first-order chi connectivity index (χ1) is 11.8. The van der Waals surface area contributed by atoms with Gasteiger partial charge in [-0.2, -0.15) is 5.10 Å². The van der Waals surface area contributed by atoms with Crippen LogP contribution in [0.2, 0.25) is 0 Å². The van der Waals surface area contributed by atoms with Gasteiger partial charge in [0.05, 0.1) is 6.54 Å². The van der Waals surface area contributed by atoms with Gasteiger partial charge in [0.1, 0.15) is 18.7 Å². The lowest BCUT2D eigenvalue weighted by Gasteiger charge is -2.12. The summed E-state index contributed by atoms with van der Waals surface area (Å²) in [6.07, 6.45) is 1.28. The number of rotatable bonds is 7. The minimum absolute atomic E-state index is 0.169. The molecule has 122 valence electrons. The average Bonchev–Trinajstić information content (AvgIpc) is 3.15. The second-order valence-corrected chi connectivity index (χ2v) is 4.80. The van der Waals surface area contributed by atoms with Crippen molar-refractivity contribution in [2.75, 3.05) is 13.2 Å². The van der Waals surface area contributed by atoms with Gasteiger partial charge in [-0.05, 0) is 24.3 Å². The van der Waals surface area contributed by atoms with Crippen LogP contribution >= 0.6 is 0 Å². The molecule has 2 aromatic carbocycles. The van der Waals surface area contributed by atoms with Crippen molar-refractivity contribution in [2.45, 2.75) is 0 Å². The van der Waals surface area contributed by atoms with Crippen LogP contribution in [0, 0.1) is 0 Å². The van der Waals surface area contributed by atoms with Crippen molar-refractivity contribution < 1.29 is 14.3 Å². The lowest BCUT2D eigenvalue weighted by atomic mass is 10.3. The van der Waals surface area contributed by atoms with Crippen LogP contribution in [0.25, 0.3) is 0 Å². The summed E-state index contributed by atoms with van der Waals surface area (Å²) in [5.74, 6) is 1.79. The Morgan fingerprint density at radius 2 is 1.79 bits per heavy atom. The molecule has 0 fully saturated rings. The molecule has 0 saturated carbocycles. The van der Waals surface area contributed by atoms with Gasteiger partial charge in [-0.1, -0.05) is 30.3 Å². The minimum Gasteiger partial charge on any atom is -0.488 e. The lowest BCUT2D eigenvalue weighted by Crippen LogP contribution is -2.29. The number of para-hydroxylation sites is 3. The fourth-order valence-electron chi connectivity index (χ4n) is 1.99. The molecular formula is C17H16N4O3. The van der Waals surface area contributed by atoms with Crippen molar-refractivity contribution in [2.24, 2.45) is 0 Å².